The van der Waals surface area contributed by atoms with E-state index in [-0.39, 0.29) is 6.03 Å². The number of nitrogens with one attached hydrogen (secondary N) is 2. The molecule has 0 atom stereocenters. The van der Waals surface area contributed by atoms with Gasteiger partial charge in [-0.05, 0) is 30.3 Å². The quantitative estimate of drug-likeness (QED) is 0.903. The summed E-state index contributed by atoms with van der Waals surface area (Å²) in [6, 6.07) is 9.75. The average Bonchev–Trinajstić information content (AvgIpc) is 2.90. The zero-order valence-electron chi connectivity index (χ0n) is 9.81. The average molecular weight is 276 g/mol. The molecule has 2 N–H and O–H groups in total. The Labute approximate surface area is 114 Å². The number of nitriles is 1. The Morgan fingerprint density at radius 1 is 1.42 bits per heavy atom. The van der Waals surface area contributed by atoms with Gasteiger partial charge < -0.3 is 15.1 Å². The number of hydrogen-bond donors (Lipinski definition) is 2. The fourth-order valence-electron chi connectivity index (χ4n) is 1.44. The highest BCUT2D eigenvalue weighted by Gasteiger charge is 2.05. The second kappa shape index (κ2) is 5.94. The highest BCUT2D eigenvalue weighted by atomic mass is 35.5. The number of halogens is 1. The molecule has 2 aromatic rings. The van der Waals surface area contributed by atoms with Crippen LogP contribution in [0.25, 0.3) is 0 Å². The number of urea groups is 1. The minimum atomic E-state index is -0.378. The van der Waals surface area contributed by atoms with Gasteiger partial charge in [0.2, 0.25) is 0 Å². The molecule has 0 saturated carbocycles. The lowest BCUT2D eigenvalue weighted by molar-refractivity contribution is 0.251. The molecule has 19 heavy (non-hydrogen) atoms. The first-order valence-electron chi connectivity index (χ1n) is 5.46. The van der Waals surface area contributed by atoms with E-state index in [0.29, 0.717) is 28.6 Å². The van der Waals surface area contributed by atoms with Crippen molar-refractivity contribution in [3.05, 3.63) is 52.9 Å². The molecule has 0 spiro atoms. The molecule has 0 aliphatic carbocycles. The molecule has 0 aliphatic rings. The fraction of sp³-hybridized carbons (Fsp3) is 0.0769. The van der Waals surface area contributed by atoms with Crippen molar-refractivity contribution in [2.24, 2.45) is 0 Å². The normalized spacial score (nSPS) is 9.68. The first kappa shape index (κ1) is 13.0. The van der Waals surface area contributed by atoms with E-state index in [0.717, 1.165) is 0 Å². The third kappa shape index (κ3) is 3.50. The van der Waals surface area contributed by atoms with Crippen molar-refractivity contribution < 1.29 is 9.21 Å². The summed E-state index contributed by atoms with van der Waals surface area (Å²) in [7, 11) is 0. The van der Waals surface area contributed by atoms with Gasteiger partial charge in [0.1, 0.15) is 11.8 Å². The van der Waals surface area contributed by atoms with Crippen LogP contribution in [0.5, 0.6) is 0 Å². The van der Waals surface area contributed by atoms with Crippen LogP contribution >= 0.6 is 11.6 Å². The molecule has 96 valence electrons. The summed E-state index contributed by atoms with van der Waals surface area (Å²) in [5.74, 6) is 0.660. The number of amides is 2. The van der Waals surface area contributed by atoms with E-state index in [4.69, 9.17) is 21.3 Å². The predicted molar refractivity (Wildman–Crippen MR) is 70.7 cm³/mol. The summed E-state index contributed by atoms with van der Waals surface area (Å²) in [5, 5.41) is 14.3. The van der Waals surface area contributed by atoms with Crippen LogP contribution in [0.2, 0.25) is 5.02 Å². The molecule has 0 unspecified atom stereocenters. The van der Waals surface area contributed by atoms with Crippen molar-refractivity contribution in [2.45, 2.75) is 6.54 Å². The lowest BCUT2D eigenvalue weighted by Crippen LogP contribution is -2.27. The van der Waals surface area contributed by atoms with Crippen LogP contribution in [0.3, 0.4) is 0 Å². The number of furan rings is 1. The maximum Gasteiger partial charge on any atom is 0.319 e. The predicted octanol–water partition coefficient (Wildman–Crippen LogP) is 3.13. The molecule has 0 saturated heterocycles. The van der Waals surface area contributed by atoms with E-state index >= 15 is 0 Å². The largest absolute Gasteiger partial charge is 0.467 e. The van der Waals surface area contributed by atoms with Crippen LogP contribution in [-0.4, -0.2) is 6.03 Å². The van der Waals surface area contributed by atoms with Crippen molar-refractivity contribution in [1.82, 2.24) is 5.32 Å². The van der Waals surface area contributed by atoms with Gasteiger partial charge in [-0.3, -0.25) is 0 Å². The van der Waals surface area contributed by atoms with Gasteiger partial charge in [0, 0.05) is 5.69 Å². The molecule has 1 aromatic carbocycles. The zero-order chi connectivity index (χ0) is 13.7. The Balaban J connectivity index is 1.92. The zero-order valence-corrected chi connectivity index (χ0v) is 10.6. The number of benzene rings is 1. The maximum atomic E-state index is 11.6. The van der Waals surface area contributed by atoms with E-state index in [9.17, 15) is 4.79 Å². The fourth-order valence-corrected chi connectivity index (χ4v) is 1.66. The van der Waals surface area contributed by atoms with E-state index in [1.807, 2.05) is 6.07 Å². The maximum absolute atomic E-state index is 11.6. The Morgan fingerprint density at radius 3 is 2.89 bits per heavy atom. The van der Waals surface area contributed by atoms with Crippen molar-refractivity contribution >= 4 is 23.3 Å². The monoisotopic (exact) mass is 275 g/mol. The van der Waals surface area contributed by atoms with Crippen molar-refractivity contribution in [2.75, 3.05) is 5.32 Å². The summed E-state index contributed by atoms with van der Waals surface area (Å²) < 4.78 is 5.08. The number of nitrogens with zero attached hydrogens (tertiary/aromatic N) is 1. The van der Waals surface area contributed by atoms with Crippen LogP contribution in [-0.2, 0) is 6.54 Å². The molecule has 0 radical (unpaired) electrons. The molecule has 1 heterocycles. The van der Waals surface area contributed by atoms with Crippen LogP contribution in [0, 0.1) is 11.3 Å². The third-order valence-corrected chi connectivity index (χ3v) is 2.66. The SMILES string of the molecule is N#Cc1ccc(NC(=O)NCc2ccco2)cc1Cl. The smallest absolute Gasteiger partial charge is 0.319 e. The van der Waals surface area contributed by atoms with E-state index in [1.54, 1.807) is 24.3 Å². The second-order valence-corrected chi connectivity index (χ2v) is 4.10. The second-order valence-electron chi connectivity index (χ2n) is 3.69. The van der Waals surface area contributed by atoms with Crippen molar-refractivity contribution in [3.63, 3.8) is 0 Å². The van der Waals surface area contributed by atoms with Gasteiger partial charge in [-0.2, -0.15) is 5.26 Å². The number of carbonyl (C=O) groups is 1. The minimum absolute atomic E-state index is 0.294. The molecule has 0 fully saturated rings. The van der Waals surface area contributed by atoms with Crippen molar-refractivity contribution in [1.29, 1.82) is 5.26 Å². The number of hydrogen-bond acceptors (Lipinski definition) is 3. The van der Waals surface area contributed by atoms with Crippen LogP contribution in [0.4, 0.5) is 10.5 Å². The lowest BCUT2D eigenvalue weighted by Gasteiger charge is -2.07. The summed E-state index contributed by atoms with van der Waals surface area (Å²) in [4.78, 5) is 11.6. The first-order chi connectivity index (χ1) is 9.19. The summed E-state index contributed by atoms with van der Waals surface area (Å²) >= 11 is 5.86. The Kier molecular flexibility index (Phi) is 4.06. The first-order valence-corrected chi connectivity index (χ1v) is 5.83. The van der Waals surface area contributed by atoms with Gasteiger partial charge in [-0.1, -0.05) is 11.6 Å². The van der Waals surface area contributed by atoms with Crippen LogP contribution in [0.15, 0.2) is 41.0 Å². The number of carbonyl (C=O) groups excluding carboxylic acids is 1. The Morgan fingerprint density at radius 2 is 2.26 bits per heavy atom. The molecule has 2 amide bonds. The Hall–Kier alpha value is -2.45. The van der Waals surface area contributed by atoms with Gasteiger partial charge >= 0.3 is 6.03 Å². The molecular weight excluding hydrogens is 266 g/mol. The molecule has 0 bridgehead atoms. The summed E-state index contributed by atoms with van der Waals surface area (Å²) in [6.45, 7) is 0.294. The van der Waals surface area contributed by atoms with E-state index in [1.165, 1.54) is 12.3 Å². The number of anilines is 1. The van der Waals surface area contributed by atoms with Crippen LogP contribution in [0.1, 0.15) is 11.3 Å². The molecular formula is C13H10ClN3O2. The minimum Gasteiger partial charge on any atom is -0.467 e. The molecule has 0 aliphatic heterocycles. The standard InChI is InChI=1S/C13H10ClN3O2/c14-12-6-10(4-3-9(12)7-15)17-13(18)16-8-11-2-1-5-19-11/h1-6H,8H2,(H2,16,17,18). The highest BCUT2D eigenvalue weighted by Crippen LogP contribution is 2.20. The van der Waals surface area contributed by atoms with Gasteiger partial charge in [0.25, 0.3) is 0 Å². The molecule has 5 nitrogen and oxygen atoms in total. The van der Waals surface area contributed by atoms with Gasteiger partial charge in [0.05, 0.1) is 23.4 Å². The summed E-state index contributed by atoms with van der Waals surface area (Å²) in [6.07, 6.45) is 1.54. The third-order valence-electron chi connectivity index (χ3n) is 2.35. The van der Waals surface area contributed by atoms with Gasteiger partial charge in [0.15, 0.2) is 0 Å². The summed E-state index contributed by atoms with van der Waals surface area (Å²) in [5.41, 5.74) is 0.879. The Bertz CT molecular complexity index is 617. The van der Waals surface area contributed by atoms with E-state index in [2.05, 4.69) is 10.6 Å². The molecule has 6 heteroatoms. The molecule has 1 aromatic heterocycles. The van der Waals surface area contributed by atoms with Gasteiger partial charge in [-0.15, -0.1) is 0 Å². The number of rotatable bonds is 3. The van der Waals surface area contributed by atoms with Crippen molar-refractivity contribution in [3.8, 4) is 6.07 Å². The van der Waals surface area contributed by atoms with Gasteiger partial charge in [-0.25, -0.2) is 4.79 Å². The topological polar surface area (TPSA) is 78.1 Å². The lowest BCUT2D eigenvalue weighted by atomic mass is 10.2. The van der Waals surface area contributed by atoms with E-state index < -0.39 is 0 Å². The molecule has 2 rings (SSSR count). The highest BCUT2D eigenvalue weighted by molar-refractivity contribution is 6.32. The van der Waals surface area contributed by atoms with Crippen LogP contribution < -0.4 is 10.6 Å².